The summed E-state index contributed by atoms with van der Waals surface area (Å²) in [5, 5.41) is 4.11. The lowest BCUT2D eigenvalue weighted by atomic mass is 10.3. The van der Waals surface area contributed by atoms with Crippen LogP contribution in [0.2, 0.25) is 0 Å². The highest BCUT2D eigenvalue weighted by Crippen LogP contribution is 2.35. The molecule has 0 saturated carbocycles. The average molecular weight is 376 g/mol. The molecule has 0 unspecified atom stereocenters. The SMILES string of the molecule is COCCn1c(=NC(=O)c2ccn(C)n2)sc2c(OC)ccc(OC)c21. The van der Waals surface area contributed by atoms with E-state index < -0.39 is 5.91 Å². The summed E-state index contributed by atoms with van der Waals surface area (Å²) in [7, 11) is 6.60. The molecule has 0 aliphatic heterocycles. The first-order chi connectivity index (χ1) is 12.6. The Morgan fingerprint density at radius 2 is 1.92 bits per heavy atom. The number of fused-ring (bicyclic) bond motifs is 1. The van der Waals surface area contributed by atoms with Gasteiger partial charge >= 0.3 is 0 Å². The Morgan fingerprint density at radius 3 is 2.54 bits per heavy atom. The summed E-state index contributed by atoms with van der Waals surface area (Å²) in [4.78, 5) is 17.3. The maximum Gasteiger partial charge on any atom is 0.300 e. The molecular weight excluding hydrogens is 356 g/mol. The van der Waals surface area contributed by atoms with Crippen molar-refractivity contribution in [1.82, 2.24) is 14.3 Å². The first-order valence-corrected chi connectivity index (χ1v) is 8.72. The van der Waals surface area contributed by atoms with Crippen LogP contribution in [0.3, 0.4) is 0 Å². The maximum atomic E-state index is 12.5. The van der Waals surface area contributed by atoms with Gasteiger partial charge in [0.1, 0.15) is 21.7 Å². The number of aryl methyl sites for hydroxylation is 1. The normalized spacial score (nSPS) is 11.9. The van der Waals surface area contributed by atoms with Crippen LogP contribution < -0.4 is 14.3 Å². The second kappa shape index (κ2) is 7.71. The van der Waals surface area contributed by atoms with Gasteiger partial charge in [-0.1, -0.05) is 11.3 Å². The van der Waals surface area contributed by atoms with Crippen molar-refractivity contribution < 1.29 is 19.0 Å². The predicted molar refractivity (Wildman–Crippen MR) is 97.9 cm³/mol. The number of rotatable bonds is 6. The minimum absolute atomic E-state index is 0.294. The van der Waals surface area contributed by atoms with Gasteiger partial charge in [-0.15, -0.1) is 0 Å². The quantitative estimate of drug-likeness (QED) is 0.656. The molecule has 2 aromatic heterocycles. The summed E-state index contributed by atoms with van der Waals surface area (Å²) < 4.78 is 20.5. The second-order valence-electron chi connectivity index (χ2n) is 5.47. The van der Waals surface area contributed by atoms with E-state index in [9.17, 15) is 4.79 Å². The van der Waals surface area contributed by atoms with Crippen molar-refractivity contribution in [3.05, 3.63) is 34.9 Å². The van der Waals surface area contributed by atoms with Crippen molar-refractivity contribution in [2.45, 2.75) is 6.54 Å². The molecule has 0 fully saturated rings. The molecule has 3 aromatic rings. The van der Waals surface area contributed by atoms with Crippen LogP contribution in [0.25, 0.3) is 10.2 Å². The molecule has 26 heavy (non-hydrogen) atoms. The highest BCUT2D eigenvalue weighted by Gasteiger charge is 2.17. The minimum Gasteiger partial charge on any atom is -0.495 e. The summed E-state index contributed by atoms with van der Waals surface area (Å²) >= 11 is 1.37. The number of benzene rings is 1. The minimum atomic E-state index is -0.402. The van der Waals surface area contributed by atoms with E-state index in [0.717, 1.165) is 10.2 Å². The smallest absolute Gasteiger partial charge is 0.300 e. The largest absolute Gasteiger partial charge is 0.495 e. The van der Waals surface area contributed by atoms with E-state index in [2.05, 4.69) is 10.1 Å². The lowest BCUT2D eigenvalue weighted by Crippen LogP contribution is -2.19. The molecule has 0 N–H and O–H groups in total. The second-order valence-corrected chi connectivity index (χ2v) is 6.45. The molecule has 138 valence electrons. The van der Waals surface area contributed by atoms with Crippen LogP contribution in [0, 0.1) is 0 Å². The van der Waals surface area contributed by atoms with Gasteiger partial charge in [0, 0.05) is 26.9 Å². The molecule has 0 bridgehead atoms. The molecule has 8 nitrogen and oxygen atoms in total. The summed E-state index contributed by atoms with van der Waals surface area (Å²) in [5.41, 5.74) is 1.11. The Morgan fingerprint density at radius 1 is 1.19 bits per heavy atom. The van der Waals surface area contributed by atoms with E-state index in [0.29, 0.717) is 35.1 Å². The van der Waals surface area contributed by atoms with Crippen molar-refractivity contribution in [3.63, 3.8) is 0 Å². The number of thiazole rings is 1. The van der Waals surface area contributed by atoms with Crippen LogP contribution in [0.4, 0.5) is 0 Å². The lowest BCUT2D eigenvalue weighted by molar-refractivity contribution is 0.0992. The molecular formula is C17H20N4O4S. The van der Waals surface area contributed by atoms with Crippen LogP contribution in [-0.2, 0) is 18.3 Å². The number of hydrogen-bond donors (Lipinski definition) is 0. The summed E-state index contributed by atoms with van der Waals surface area (Å²) in [6, 6.07) is 5.31. The number of ether oxygens (including phenoxy) is 3. The fourth-order valence-electron chi connectivity index (χ4n) is 2.60. The molecule has 3 rings (SSSR count). The Balaban J connectivity index is 2.23. The Hall–Kier alpha value is -2.65. The summed E-state index contributed by atoms with van der Waals surface area (Å²) in [6.07, 6.45) is 1.71. The van der Waals surface area contributed by atoms with Gasteiger partial charge < -0.3 is 18.8 Å². The third-order valence-electron chi connectivity index (χ3n) is 3.84. The van der Waals surface area contributed by atoms with Gasteiger partial charge in [-0.05, 0) is 18.2 Å². The van der Waals surface area contributed by atoms with Gasteiger partial charge in [0.05, 0.1) is 20.8 Å². The van der Waals surface area contributed by atoms with Gasteiger partial charge in [-0.2, -0.15) is 10.1 Å². The molecule has 0 aliphatic rings. The van der Waals surface area contributed by atoms with Crippen LogP contribution in [-0.4, -0.2) is 48.2 Å². The standard InChI is InChI=1S/C17H20N4O4S/c1-20-8-7-11(19-20)16(22)18-17-21(9-10-23-2)14-12(24-3)5-6-13(25-4)15(14)26-17/h5-8H,9-10H2,1-4H3. The number of nitrogens with zero attached hydrogens (tertiary/aromatic N) is 4. The Bertz CT molecular complexity index is 1000. The molecule has 2 heterocycles. The molecule has 0 radical (unpaired) electrons. The van der Waals surface area contributed by atoms with E-state index in [1.165, 1.54) is 11.3 Å². The monoisotopic (exact) mass is 376 g/mol. The molecule has 0 atom stereocenters. The average Bonchev–Trinajstić information content (AvgIpc) is 3.23. The van der Waals surface area contributed by atoms with Crippen LogP contribution in [0.5, 0.6) is 11.5 Å². The zero-order chi connectivity index (χ0) is 18.7. The molecule has 0 spiro atoms. The fraction of sp³-hybridized carbons (Fsp3) is 0.353. The summed E-state index contributed by atoms with van der Waals surface area (Å²) in [5.74, 6) is 0.977. The van der Waals surface area contributed by atoms with Crippen LogP contribution in [0.1, 0.15) is 10.5 Å². The maximum absolute atomic E-state index is 12.5. The van der Waals surface area contributed by atoms with Gasteiger partial charge in [0.15, 0.2) is 10.5 Å². The van der Waals surface area contributed by atoms with E-state index in [-0.39, 0.29) is 0 Å². The van der Waals surface area contributed by atoms with Gasteiger partial charge in [-0.3, -0.25) is 9.48 Å². The number of amides is 1. The first kappa shape index (κ1) is 18.2. The van der Waals surface area contributed by atoms with Crippen molar-refractivity contribution in [3.8, 4) is 11.5 Å². The zero-order valence-electron chi connectivity index (χ0n) is 15.1. The van der Waals surface area contributed by atoms with E-state index >= 15 is 0 Å². The zero-order valence-corrected chi connectivity index (χ0v) is 15.9. The van der Waals surface area contributed by atoms with E-state index in [4.69, 9.17) is 14.2 Å². The highest BCUT2D eigenvalue weighted by atomic mass is 32.1. The highest BCUT2D eigenvalue weighted by molar-refractivity contribution is 7.16. The van der Waals surface area contributed by atoms with E-state index in [1.54, 1.807) is 45.3 Å². The third kappa shape index (κ3) is 3.35. The predicted octanol–water partition coefficient (Wildman–Crippen LogP) is 1.84. The third-order valence-corrected chi connectivity index (χ3v) is 4.93. The molecule has 1 amide bonds. The number of carbonyl (C=O) groups excluding carboxylic acids is 1. The number of methoxy groups -OCH3 is 3. The fourth-order valence-corrected chi connectivity index (χ4v) is 3.77. The van der Waals surface area contributed by atoms with Crippen molar-refractivity contribution >= 4 is 27.5 Å². The first-order valence-electron chi connectivity index (χ1n) is 7.91. The molecule has 9 heteroatoms. The van der Waals surface area contributed by atoms with Crippen molar-refractivity contribution in [2.24, 2.45) is 12.0 Å². The topological polar surface area (TPSA) is 79.9 Å². The molecule has 0 saturated heterocycles. The van der Waals surface area contributed by atoms with Crippen LogP contribution >= 0.6 is 11.3 Å². The van der Waals surface area contributed by atoms with Crippen LogP contribution in [0.15, 0.2) is 29.4 Å². The van der Waals surface area contributed by atoms with Crippen molar-refractivity contribution in [1.29, 1.82) is 0 Å². The van der Waals surface area contributed by atoms with Gasteiger partial charge in [0.25, 0.3) is 5.91 Å². The van der Waals surface area contributed by atoms with E-state index in [1.807, 2.05) is 16.7 Å². The summed E-state index contributed by atoms with van der Waals surface area (Å²) in [6.45, 7) is 0.992. The Labute approximate surface area is 154 Å². The molecule has 0 aliphatic carbocycles. The lowest BCUT2D eigenvalue weighted by Gasteiger charge is -2.09. The molecule has 1 aromatic carbocycles. The number of carbonyl (C=O) groups is 1. The van der Waals surface area contributed by atoms with Gasteiger partial charge in [0.2, 0.25) is 0 Å². The number of aromatic nitrogens is 3. The van der Waals surface area contributed by atoms with Gasteiger partial charge in [-0.25, -0.2) is 0 Å². The number of hydrogen-bond acceptors (Lipinski definition) is 6. The Kier molecular flexibility index (Phi) is 5.38. The van der Waals surface area contributed by atoms with Crippen molar-refractivity contribution in [2.75, 3.05) is 27.9 Å².